The number of aryl methyl sites for hydroxylation is 1. The molecule has 6 heteroatoms. The van der Waals surface area contributed by atoms with Gasteiger partial charge in [-0.05, 0) is 49.6 Å². The van der Waals surface area contributed by atoms with Crippen molar-refractivity contribution in [2.24, 2.45) is 0 Å². The minimum absolute atomic E-state index is 0.0268. The van der Waals surface area contributed by atoms with Gasteiger partial charge >= 0.3 is 0 Å². The lowest BCUT2D eigenvalue weighted by molar-refractivity contribution is -0.134. The van der Waals surface area contributed by atoms with E-state index in [2.05, 4.69) is 10.3 Å². The van der Waals surface area contributed by atoms with Crippen molar-refractivity contribution < 1.29 is 14.3 Å². The van der Waals surface area contributed by atoms with Crippen LogP contribution in [0.1, 0.15) is 36.6 Å². The molecule has 1 saturated heterocycles. The fourth-order valence-corrected chi connectivity index (χ4v) is 3.23. The molecule has 1 aromatic carbocycles. The lowest BCUT2D eigenvalue weighted by Gasteiger charge is -2.33. The maximum atomic E-state index is 13.2. The number of benzene rings is 1. The highest BCUT2D eigenvalue weighted by molar-refractivity contribution is 5.77. The van der Waals surface area contributed by atoms with E-state index >= 15 is 0 Å². The van der Waals surface area contributed by atoms with Crippen molar-refractivity contribution in [3.8, 4) is 0 Å². The van der Waals surface area contributed by atoms with Gasteiger partial charge in [0, 0.05) is 24.8 Å². The van der Waals surface area contributed by atoms with Crippen LogP contribution >= 0.6 is 0 Å². The summed E-state index contributed by atoms with van der Waals surface area (Å²) >= 11 is 0. The third-order valence-electron chi connectivity index (χ3n) is 4.69. The van der Waals surface area contributed by atoms with E-state index in [1.165, 1.54) is 18.2 Å². The fraction of sp³-hybridized carbons (Fsp3) is 0.400. The molecule has 26 heavy (non-hydrogen) atoms. The predicted molar refractivity (Wildman–Crippen MR) is 98.2 cm³/mol. The number of pyridine rings is 1. The molecule has 0 spiro atoms. The summed E-state index contributed by atoms with van der Waals surface area (Å²) < 4.78 is 13.2. The molecule has 5 nitrogen and oxygen atoms in total. The SMILES string of the molecule is Cc1cccc(NC2CCN(C(=O)CC(O)c3cccc(F)c3)CC2)n1. The Morgan fingerprint density at radius 2 is 2.04 bits per heavy atom. The smallest absolute Gasteiger partial charge is 0.225 e. The molecule has 0 saturated carbocycles. The van der Waals surface area contributed by atoms with E-state index < -0.39 is 11.9 Å². The minimum Gasteiger partial charge on any atom is -0.388 e. The number of rotatable bonds is 5. The molecule has 0 aliphatic carbocycles. The van der Waals surface area contributed by atoms with Crippen LogP contribution in [0, 0.1) is 12.7 Å². The van der Waals surface area contributed by atoms with Crippen LogP contribution in [0.25, 0.3) is 0 Å². The summed E-state index contributed by atoms with van der Waals surface area (Å²) in [7, 11) is 0. The molecular weight excluding hydrogens is 333 g/mol. The van der Waals surface area contributed by atoms with E-state index in [1.54, 1.807) is 11.0 Å². The van der Waals surface area contributed by atoms with E-state index in [9.17, 15) is 14.3 Å². The second-order valence-electron chi connectivity index (χ2n) is 6.74. The number of anilines is 1. The molecule has 1 amide bonds. The second-order valence-corrected chi connectivity index (χ2v) is 6.74. The van der Waals surface area contributed by atoms with Crippen LogP contribution in [-0.2, 0) is 4.79 Å². The highest BCUT2D eigenvalue weighted by Crippen LogP contribution is 2.21. The number of halogens is 1. The average Bonchev–Trinajstić information content (AvgIpc) is 2.62. The molecular formula is C20H24FN3O2. The van der Waals surface area contributed by atoms with Crippen LogP contribution in [0.2, 0.25) is 0 Å². The van der Waals surface area contributed by atoms with Gasteiger partial charge < -0.3 is 15.3 Å². The van der Waals surface area contributed by atoms with Gasteiger partial charge in [0.1, 0.15) is 11.6 Å². The molecule has 0 radical (unpaired) electrons. The Morgan fingerprint density at radius 1 is 1.31 bits per heavy atom. The van der Waals surface area contributed by atoms with Crippen LogP contribution in [0.3, 0.4) is 0 Å². The number of nitrogens with one attached hydrogen (secondary N) is 1. The average molecular weight is 357 g/mol. The monoisotopic (exact) mass is 357 g/mol. The molecule has 1 atom stereocenters. The number of aliphatic hydroxyl groups is 1. The van der Waals surface area contributed by atoms with Crippen molar-refractivity contribution in [1.29, 1.82) is 0 Å². The van der Waals surface area contributed by atoms with E-state index in [-0.39, 0.29) is 18.4 Å². The van der Waals surface area contributed by atoms with Crippen LogP contribution < -0.4 is 5.32 Å². The van der Waals surface area contributed by atoms with Gasteiger partial charge in [0.05, 0.1) is 12.5 Å². The first-order chi connectivity index (χ1) is 12.5. The third kappa shape index (κ3) is 4.79. The van der Waals surface area contributed by atoms with Crippen molar-refractivity contribution in [3.63, 3.8) is 0 Å². The number of piperidine rings is 1. The molecule has 1 aromatic heterocycles. The zero-order valence-corrected chi connectivity index (χ0v) is 14.9. The van der Waals surface area contributed by atoms with E-state index in [4.69, 9.17) is 0 Å². The highest BCUT2D eigenvalue weighted by atomic mass is 19.1. The maximum absolute atomic E-state index is 13.2. The molecule has 1 aliphatic rings. The maximum Gasteiger partial charge on any atom is 0.225 e. The summed E-state index contributed by atoms with van der Waals surface area (Å²) in [6.45, 7) is 3.23. The van der Waals surface area contributed by atoms with Crippen LogP contribution in [0.5, 0.6) is 0 Å². The quantitative estimate of drug-likeness (QED) is 0.863. The van der Waals surface area contributed by atoms with Crippen molar-refractivity contribution in [3.05, 3.63) is 59.5 Å². The topological polar surface area (TPSA) is 65.5 Å². The molecule has 0 bridgehead atoms. The van der Waals surface area contributed by atoms with Gasteiger partial charge in [-0.25, -0.2) is 9.37 Å². The van der Waals surface area contributed by atoms with Crippen molar-refractivity contribution in [2.75, 3.05) is 18.4 Å². The minimum atomic E-state index is -0.981. The zero-order valence-electron chi connectivity index (χ0n) is 14.9. The highest BCUT2D eigenvalue weighted by Gasteiger charge is 2.25. The number of aromatic nitrogens is 1. The summed E-state index contributed by atoms with van der Waals surface area (Å²) in [5.41, 5.74) is 1.40. The largest absolute Gasteiger partial charge is 0.388 e. The zero-order chi connectivity index (χ0) is 18.5. The Kier molecular flexibility index (Phi) is 5.83. The number of aliphatic hydroxyl groups excluding tert-OH is 1. The molecule has 2 N–H and O–H groups in total. The van der Waals surface area contributed by atoms with E-state index in [0.29, 0.717) is 18.7 Å². The van der Waals surface area contributed by atoms with Crippen molar-refractivity contribution in [2.45, 2.75) is 38.3 Å². The van der Waals surface area contributed by atoms with Gasteiger partial charge in [0.15, 0.2) is 0 Å². The van der Waals surface area contributed by atoms with Gasteiger partial charge in [-0.1, -0.05) is 18.2 Å². The summed E-state index contributed by atoms with van der Waals surface area (Å²) in [6.07, 6.45) is 0.654. The predicted octanol–water partition coefficient (Wildman–Crippen LogP) is 3.06. The molecule has 1 aliphatic heterocycles. The van der Waals surface area contributed by atoms with Gasteiger partial charge in [-0.2, -0.15) is 0 Å². The first kappa shape index (κ1) is 18.3. The van der Waals surface area contributed by atoms with Crippen molar-refractivity contribution in [1.82, 2.24) is 9.88 Å². The Bertz CT molecular complexity index is 760. The fourth-order valence-electron chi connectivity index (χ4n) is 3.23. The van der Waals surface area contributed by atoms with Gasteiger partial charge in [-0.15, -0.1) is 0 Å². The van der Waals surface area contributed by atoms with Gasteiger partial charge in [0.2, 0.25) is 5.91 Å². The third-order valence-corrected chi connectivity index (χ3v) is 4.69. The number of carbonyl (C=O) groups is 1. The molecule has 1 fully saturated rings. The van der Waals surface area contributed by atoms with Crippen LogP contribution in [0.15, 0.2) is 42.5 Å². The number of carbonyl (C=O) groups excluding carboxylic acids is 1. The molecule has 2 aromatic rings. The molecule has 2 heterocycles. The summed E-state index contributed by atoms with van der Waals surface area (Å²) in [5, 5.41) is 13.6. The molecule has 1 unspecified atom stereocenters. The first-order valence-electron chi connectivity index (χ1n) is 8.93. The summed E-state index contributed by atoms with van der Waals surface area (Å²) in [5.74, 6) is 0.343. The first-order valence-corrected chi connectivity index (χ1v) is 8.93. The second kappa shape index (κ2) is 8.27. The summed E-state index contributed by atoms with van der Waals surface area (Å²) in [4.78, 5) is 18.6. The van der Waals surface area contributed by atoms with Gasteiger partial charge in [-0.3, -0.25) is 4.79 Å². The number of likely N-dealkylation sites (tertiary alicyclic amines) is 1. The number of nitrogens with zero attached hydrogens (tertiary/aromatic N) is 2. The number of amides is 1. The van der Waals surface area contributed by atoms with Crippen molar-refractivity contribution >= 4 is 11.7 Å². The Balaban J connectivity index is 1.49. The van der Waals surface area contributed by atoms with Crippen LogP contribution in [0.4, 0.5) is 10.2 Å². The Morgan fingerprint density at radius 3 is 2.73 bits per heavy atom. The van der Waals surface area contributed by atoms with E-state index in [1.807, 2.05) is 25.1 Å². The van der Waals surface area contributed by atoms with Crippen LogP contribution in [-0.4, -0.2) is 40.0 Å². The standard InChI is InChI=1S/C20H24FN3O2/c1-14-4-2-7-19(22-14)23-17-8-10-24(11-9-17)20(26)13-18(25)15-5-3-6-16(21)12-15/h2-7,12,17-18,25H,8-11,13H2,1H3,(H,22,23). The number of hydrogen-bond acceptors (Lipinski definition) is 4. The van der Waals surface area contributed by atoms with Gasteiger partial charge in [0.25, 0.3) is 0 Å². The normalized spacial score (nSPS) is 16.3. The molecule has 138 valence electrons. The Labute approximate surface area is 152 Å². The lowest BCUT2D eigenvalue weighted by Crippen LogP contribution is -2.42. The molecule has 3 rings (SSSR count). The lowest BCUT2D eigenvalue weighted by atomic mass is 10.0. The number of hydrogen-bond donors (Lipinski definition) is 2. The van der Waals surface area contributed by atoms with E-state index in [0.717, 1.165) is 24.4 Å². The Hall–Kier alpha value is -2.47. The summed E-state index contributed by atoms with van der Waals surface area (Å²) in [6, 6.07) is 11.9.